The summed E-state index contributed by atoms with van der Waals surface area (Å²) in [7, 11) is 2.16. The first-order chi connectivity index (χ1) is 9.65. The number of fused-ring (bicyclic) bond motifs is 1. The van der Waals surface area contributed by atoms with E-state index in [4.69, 9.17) is 0 Å². The summed E-state index contributed by atoms with van der Waals surface area (Å²) in [5.74, 6) is 0. The average Bonchev–Trinajstić information content (AvgIpc) is 2.75. The molecule has 1 aromatic heterocycles. The summed E-state index contributed by atoms with van der Waals surface area (Å²) in [6, 6.07) is 4.68. The highest BCUT2D eigenvalue weighted by Gasteiger charge is 2.12. The van der Waals surface area contributed by atoms with Crippen LogP contribution in [0.5, 0.6) is 0 Å². The van der Waals surface area contributed by atoms with Gasteiger partial charge in [0.05, 0.1) is 0 Å². The Hall–Kier alpha value is -1.32. The molecule has 0 saturated carbocycles. The highest BCUT2D eigenvalue weighted by Crippen LogP contribution is 2.24. The Bertz CT molecular complexity index is 606. The van der Waals surface area contributed by atoms with Gasteiger partial charge in [0.15, 0.2) is 0 Å². The van der Waals surface area contributed by atoms with Gasteiger partial charge in [-0.1, -0.05) is 0 Å². The van der Waals surface area contributed by atoms with Gasteiger partial charge in [0, 0.05) is 56.9 Å². The Balaban J connectivity index is 1.82. The van der Waals surface area contributed by atoms with Crippen LogP contribution in [0.25, 0.3) is 10.9 Å². The molecule has 1 aliphatic heterocycles. The van der Waals surface area contributed by atoms with Crippen LogP contribution in [-0.2, 0) is 13.5 Å². The first-order valence-electron chi connectivity index (χ1n) is 7.63. The van der Waals surface area contributed by atoms with Crippen molar-refractivity contribution in [1.29, 1.82) is 0 Å². The van der Waals surface area contributed by atoms with E-state index in [0.29, 0.717) is 0 Å². The molecule has 0 amide bonds. The smallest absolute Gasteiger partial charge is 0.0483 e. The third kappa shape index (κ3) is 2.60. The normalized spacial score (nSPS) is 16.9. The maximum atomic E-state index is 3.41. The Morgan fingerprint density at radius 2 is 1.80 bits per heavy atom. The van der Waals surface area contributed by atoms with Gasteiger partial charge in [-0.3, -0.25) is 0 Å². The number of nitrogens with one attached hydrogen (secondary N) is 1. The van der Waals surface area contributed by atoms with Crippen molar-refractivity contribution in [2.45, 2.75) is 20.3 Å². The van der Waals surface area contributed by atoms with Gasteiger partial charge in [-0.2, -0.15) is 0 Å². The summed E-state index contributed by atoms with van der Waals surface area (Å²) >= 11 is 0. The summed E-state index contributed by atoms with van der Waals surface area (Å²) < 4.78 is 2.27. The second-order valence-corrected chi connectivity index (χ2v) is 6.06. The maximum absolute atomic E-state index is 3.41. The molecule has 1 fully saturated rings. The minimum Gasteiger partial charge on any atom is -0.350 e. The Kier molecular flexibility index (Phi) is 3.81. The lowest BCUT2D eigenvalue weighted by molar-refractivity contribution is 0.244. The Morgan fingerprint density at radius 3 is 2.55 bits per heavy atom. The zero-order valence-corrected chi connectivity index (χ0v) is 12.9. The molecule has 108 valence electrons. The molecule has 20 heavy (non-hydrogen) atoms. The van der Waals surface area contributed by atoms with Crippen molar-refractivity contribution in [2.75, 3.05) is 32.7 Å². The molecule has 0 atom stereocenters. The summed E-state index contributed by atoms with van der Waals surface area (Å²) in [4.78, 5) is 2.57. The molecule has 1 saturated heterocycles. The van der Waals surface area contributed by atoms with Crippen molar-refractivity contribution in [3.05, 3.63) is 35.0 Å². The van der Waals surface area contributed by atoms with Crippen molar-refractivity contribution in [2.24, 2.45) is 7.05 Å². The molecule has 0 radical (unpaired) electrons. The number of hydrogen-bond acceptors (Lipinski definition) is 2. The second-order valence-electron chi connectivity index (χ2n) is 6.06. The quantitative estimate of drug-likeness (QED) is 0.924. The summed E-state index contributed by atoms with van der Waals surface area (Å²) in [6.45, 7) is 10.2. The fourth-order valence-electron chi connectivity index (χ4n) is 3.14. The summed E-state index contributed by atoms with van der Waals surface area (Å²) in [5, 5.41) is 4.85. The van der Waals surface area contributed by atoms with Crippen LogP contribution < -0.4 is 5.32 Å². The molecule has 0 bridgehead atoms. The van der Waals surface area contributed by atoms with E-state index < -0.39 is 0 Å². The van der Waals surface area contributed by atoms with Crippen molar-refractivity contribution in [3.8, 4) is 0 Å². The molecule has 1 aliphatic rings. The van der Waals surface area contributed by atoms with Crippen LogP contribution in [0.3, 0.4) is 0 Å². The van der Waals surface area contributed by atoms with Crippen LogP contribution >= 0.6 is 0 Å². The van der Waals surface area contributed by atoms with Gasteiger partial charge < -0.3 is 14.8 Å². The zero-order chi connectivity index (χ0) is 14.1. The number of aromatic nitrogens is 1. The molecular formula is C17H25N3. The SMILES string of the molecule is Cc1cc2c(CCN3CCNCC3)cn(C)c2cc1C. The summed E-state index contributed by atoms with van der Waals surface area (Å²) in [5.41, 5.74) is 5.63. The Labute approximate surface area is 121 Å². The fourth-order valence-corrected chi connectivity index (χ4v) is 3.14. The van der Waals surface area contributed by atoms with Gasteiger partial charge in [-0.15, -0.1) is 0 Å². The summed E-state index contributed by atoms with van der Waals surface area (Å²) in [6.07, 6.45) is 3.46. The van der Waals surface area contributed by atoms with E-state index in [1.807, 2.05) is 0 Å². The molecule has 0 aliphatic carbocycles. The van der Waals surface area contributed by atoms with E-state index in [1.165, 1.54) is 47.2 Å². The molecule has 1 N–H and O–H groups in total. The highest BCUT2D eigenvalue weighted by molar-refractivity contribution is 5.85. The van der Waals surface area contributed by atoms with E-state index in [0.717, 1.165) is 19.5 Å². The van der Waals surface area contributed by atoms with Gasteiger partial charge in [0.1, 0.15) is 0 Å². The number of nitrogens with zero attached hydrogens (tertiary/aromatic N) is 2. The molecular weight excluding hydrogens is 246 g/mol. The predicted octanol–water partition coefficient (Wildman–Crippen LogP) is 2.24. The molecule has 2 heterocycles. The number of aryl methyl sites for hydroxylation is 3. The lowest BCUT2D eigenvalue weighted by Gasteiger charge is -2.26. The van der Waals surface area contributed by atoms with Crippen LogP contribution in [0.1, 0.15) is 16.7 Å². The monoisotopic (exact) mass is 271 g/mol. The molecule has 0 spiro atoms. The van der Waals surface area contributed by atoms with Crippen LogP contribution in [0.4, 0.5) is 0 Å². The number of rotatable bonds is 3. The third-order valence-corrected chi connectivity index (χ3v) is 4.59. The van der Waals surface area contributed by atoms with Gasteiger partial charge in [0.2, 0.25) is 0 Å². The number of benzene rings is 1. The fraction of sp³-hybridized carbons (Fsp3) is 0.529. The van der Waals surface area contributed by atoms with Gasteiger partial charge in [0.25, 0.3) is 0 Å². The lowest BCUT2D eigenvalue weighted by Crippen LogP contribution is -2.44. The van der Waals surface area contributed by atoms with Crippen molar-refractivity contribution in [1.82, 2.24) is 14.8 Å². The topological polar surface area (TPSA) is 20.2 Å². The predicted molar refractivity (Wildman–Crippen MR) is 85.4 cm³/mol. The molecule has 3 nitrogen and oxygen atoms in total. The minimum absolute atomic E-state index is 1.13. The largest absolute Gasteiger partial charge is 0.350 e. The van der Waals surface area contributed by atoms with E-state index >= 15 is 0 Å². The van der Waals surface area contributed by atoms with Gasteiger partial charge >= 0.3 is 0 Å². The highest BCUT2D eigenvalue weighted by atomic mass is 15.2. The Morgan fingerprint density at radius 1 is 1.10 bits per heavy atom. The van der Waals surface area contributed by atoms with Crippen molar-refractivity contribution < 1.29 is 0 Å². The van der Waals surface area contributed by atoms with E-state index in [-0.39, 0.29) is 0 Å². The van der Waals surface area contributed by atoms with Crippen LogP contribution in [0.15, 0.2) is 18.3 Å². The number of hydrogen-bond donors (Lipinski definition) is 1. The van der Waals surface area contributed by atoms with Crippen LogP contribution in [0, 0.1) is 13.8 Å². The third-order valence-electron chi connectivity index (χ3n) is 4.59. The van der Waals surface area contributed by atoms with Crippen molar-refractivity contribution in [3.63, 3.8) is 0 Å². The standard InChI is InChI=1S/C17H25N3/c1-13-10-16-15(4-7-20-8-5-18-6-9-20)12-19(3)17(16)11-14(13)2/h10-12,18H,4-9H2,1-3H3. The first-order valence-corrected chi connectivity index (χ1v) is 7.63. The minimum atomic E-state index is 1.13. The number of piperazine rings is 1. The van der Waals surface area contributed by atoms with Crippen molar-refractivity contribution >= 4 is 10.9 Å². The van der Waals surface area contributed by atoms with Gasteiger partial charge in [-0.05, 0) is 49.1 Å². The molecule has 1 aromatic carbocycles. The van der Waals surface area contributed by atoms with E-state index in [1.54, 1.807) is 0 Å². The maximum Gasteiger partial charge on any atom is 0.0483 e. The lowest BCUT2D eigenvalue weighted by atomic mass is 10.0. The molecule has 3 heteroatoms. The van der Waals surface area contributed by atoms with Crippen LogP contribution in [-0.4, -0.2) is 42.2 Å². The molecule has 2 aromatic rings. The van der Waals surface area contributed by atoms with Crippen LogP contribution in [0.2, 0.25) is 0 Å². The van der Waals surface area contributed by atoms with E-state index in [9.17, 15) is 0 Å². The van der Waals surface area contributed by atoms with E-state index in [2.05, 4.69) is 54.0 Å². The van der Waals surface area contributed by atoms with Gasteiger partial charge in [-0.25, -0.2) is 0 Å². The average molecular weight is 271 g/mol. The zero-order valence-electron chi connectivity index (χ0n) is 12.9. The first kappa shape index (κ1) is 13.7. The second kappa shape index (κ2) is 5.58. The molecule has 3 rings (SSSR count). The molecule has 0 unspecified atom stereocenters.